The molecule has 0 unspecified atom stereocenters. The topological polar surface area (TPSA) is 41.6 Å². The monoisotopic (exact) mass is 352 g/mol. The summed E-state index contributed by atoms with van der Waals surface area (Å²) < 4.78 is 40.1. The number of alkyl halides is 3. The number of hydrogen-bond acceptors (Lipinski definition) is 3. The lowest BCUT2D eigenvalue weighted by Crippen LogP contribution is -2.21. The highest BCUT2D eigenvalue weighted by Crippen LogP contribution is 2.23. The molecule has 25 heavy (non-hydrogen) atoms. The van der Waals surface area contributed by atoms with E-state index in [9.17, 15) is 18.0 Å². The molecule has 0 saturated heterocycles. The normalized spacial score (nSPS) is 11.1. The van der Waals surface area contributed by atoms with E-state index in [4.69, 9.17) is 0 Å². The number of rotatable bonds is 6. The van der Waals surface area contributed by atoms with Gasteiger partial charge in [-0.1, -0.05) is 0 Å². The summed E-state index contributed by atoms with van der Waals surface area (Å²) in [6.45, 7) is 5.89. The maximum atomic E-state index is 12.2. The Morgan fingerprint density at radius 2 is 1.56 bits per heavy atom. The van der Waals surface area contributed by atoms with Gasteiger partial charge in [-0.15, -0.1) is 13.2 Å². The van der Waals surface area contributed by atoms with Crippen molar-refractivity contribution in [3.63, 3.8) is 0 Å². The molecule has 1 amide bonds. The Morgan fingerprint density at radius 1 is 1.00 bits per heavy atom. The number of halogens is 3. The zero-order chi connectivity index (χ0) is 18.4. The minimum Gasteiger partial charge on any atom is -0.406 e. The summed E-state index contributed by atoms with van der Waals surface area (Å²) >= 11 is 0. The second-order valence-corrected chi connectivity index (χ2v) is 5.25. The zero-order valence-corrected chi connectivity index (χ0v) is 13.9. The molecule has 0 heterocycles. The second kappa shape index (κ2) is 7.92. The van der Waals surface area contributed by atoms with Gasteiger partial charge in [0.1, 0.15) is 5.75 Å². The first-order valence-corrected chi connectivity index (χ1v) is 7.84. The van der Waals surface area contributed by atoms with Crippen LogP contribution in [-0.2, 0) is 0 Å². The minimum atomic E-state index is -4.75. The SMILES string of the molecule is CCN(CC)c1ccc(NC(=O)c2ccc(OC(F)(F)F)cc2)cc1. The van der Waals surface area contributed by atoms with E-state index in [0.29, 0.717) is 5.69 Å². The van der Waals surface area contributed by atoms with Crippen LogP contribution in [-0.4, -0.2) is 25.4 Å². The summed E-state index contributed by atoms with van der Waals surface area (Å²) in [5.41, 5.74) is 1.90. The molecule has 134 valence electrons. The molecule has 0 bridgehead atoms. The van der Waals surface area contributed by atoms with E-state index in [1.54, 1.807) is 12.1 Å². The Labute approximate surface area is 144 Å². The van der Waals surface area contributed by atoms with Gasteiger partial charge in [0, 0.05) is 30.0 Å². The third kappa shape index (κ3) is 5.41. The molecule has 4 nitrogen and oxygen atoms in total. The number of ether oxygens (including phenoxy) is 1. The number of hydrogen-bond donors (Lipinski definition) is 1. The lowest BCUT2D eigenvalue weighted by atomic mass is 10.2. The van der Waals surface area contributed by atoms with Gasteiger partial charge in [0.2, 0.25) is 0 Å². The number of carbonyl (C=O) groups is 1. The van der Waals surface area contributed by atoms with E-state index in [1.807, 2.05) is 12.1 Å². The molecule has 2 aromatic rings. The Bertz CT molecular complexity index is 694. The van der Waals surface area contributed by atoms with Gasteiger partial charge in [-0.25, -0.2) is 0 Å². The highest BCUT2D eigenvalue weighted by atomic mass is 19.4. The van der Waals surface area contributed by atoms with Gasteiger partial charge in [-0.05, 0) is 62.4 Å². The molecule has 1 N–H and O–H groups in total. The highest BCUT2D eigenvalue weighted by Gasteiger charge is 2.31. The van der Waals surface area contributed by atoms with Crippen molar-refractivity contribution in [2.24, 2.45) is 0 Å². The molecule has 0 aliphatic carbocycles. The average Bonchev–Trinajstić information content (AvgIpc) is 2.56. The van der Waals surface area contributed by atoms with Crippen molar-refractivity contribution in [2.75, 3.05) is 23.3 Å². The number of anilines is 2. The standard InChI is InChI=1S/C18H19F3N2O2/c1-3-23(4-2)15-9-7-14(8-10-15)22-17(24)13-5-11-16(12-6-13)25-18(19,20)21/h5-12H,3-4H2,1-2H3,(H,22,24). The molecule has 0 atom stereocenters. The van der Waals surface area contributed by atoms with Crippen LogP contribution in [0.3, 0.4) is 0 Å². The predicted molar refractivity (Wildman–Crippen MR) is 91.1 cm³/mol. The summed E-state index contributed by atoms with van der Waals surface area (Å²) in [7, 11) is 0. The van der Waals surface area contributed by atoms with Crippen molar-refractivity contribution in [1.82, 2.24) is 0 Å². The fraction of sp³-hybridized carbons (Fsp3) is 0.278. The van der Waals surface area contributed by atoms with Crippen LogP contribution >= 0.6 is 0 Å². The van der Waals surface area contributed by atoms with Crippen molar-refractivity contribution in [2.45, 2.75) is 20.2 Å². The summed E-state index contributed by atoms with van der Waals surface area (Å²) in [6.07, 6.45) is -4.75. The minimum absolute atomic E-state index is 0.238. The van der Waals surface area contributed by atoms with Crippen LogP contribution in [0.5, 0.6) is 5.75 Å². The van der Waals surface area contributed by atoms with E-state index in [0.717, 1.165) is 30.9 Å². The fourth-order valence-corrected chi connectivity index (χ4v) is 2.36. The summed E-state index contributed by atoms with van der Waals surface area (Å²) in [5, 5.41) is 2.71. The first kappa shape index (κ1) is 18.6. The second-order valence-electron chi connectivity index (χ2n) is 5.25. The lowest BCUT2D eigenvalue weighted by molar-refractivity contribution is -0.274. The number of benzene rings is 2. The molecule has 0 aliphatic rings. The number of carbonyl (C=O) groups excluding carboxylic acids is 1. The number of nitrogens with zero attached hydrogens (tertiary/aromatic N) is 1. The largest absolute Gasteiger partial charge is 0.573 e. The fourth-order valence-electron chi connectivity index (χ4n) is 2.36. The molecule has 0 spiro atoms. The van der Waals surface area contributed by atoms with Crippen LogP contribution in [0.4, 0.5) is 24.5 Å². The zero-order valence-electron chi connectivity index (χ0n) is 13.9. The van der Waals surface area contributed by atoms with Gasteiger partial charge in [0.15, 0.2) is 0 Å². The highest BCUT2D eigenvalue weighted by molar-refractivity contribution is 6.04. The van der Waals surface area contributed by atoms with Crippen LogP contribution in [0.15, 0.2) is 48.5 Å². The molecule has 7 heteroatoms. The van der Waals surface area contributed by atoms with Crippen LogP contribution in [0.25, 0.3) is 0 Å². The molecular weight excluding hydrogens is 333 g/mol. The maximum Gasteiger partial charge on any atom is 0.573 e. The summed E-state index contributed by atoms with van der Waals surface area (Å²) in [5.74, 6) is -0.776. The van der Waals surface area contributed by atoms with E-state index < -0.39 is 12.3 Å². The first-order valence-electron chi connectivity index (χ1n) is 7.84. The van der Waals surface area contributed by atoms with Crippen molar-refractivity contribution < 1.29 is 22.7 Å². The van der Waals surface area contributed by atoms with Crippen LogP contribution < -0.4 is 15.0 Å². The van der Waals surface area contributed by atoms with E-state index >= 15 is 0 Å². The van der Waals surface area contributed by atoms with Gasteiger partial charge in [-0.2, -0.15) is 0 Å². The molecule has 0 aliphatic heterocycles. The third-order valence-electron chi connectivity index (χ3n) is 3.60. The number of nitrogens with one attached hydrogen (secondary N) is 1. The van der Waals surface area contributed by atoms with Gasteiger partial charge in [0.05, 0.1) is 0 Å². The van der Waals surface area contributed by atoms with Crippen molar-refractivity contribution in [1.29, 1.82) is 0 Å². The van der Waals surface area contributed by atoms with Crippen LogP contribution in [0.1, 0.15) is 24.2 Å². The van der Waals surface area contributed by atoms with E-state index in [1.165, 1.54) is 12.1 Å². The quantitative estimate of drug-likeness (QED) is 0.820. The molecule has 2 rings (SSSR count). The van der Waals surface area contributed by atoms with Crippen molar-refractivity contribution >= 4 is 17.3 Å². The van der Waals surface area contributed by atoms with Crippen LogP contribution in [0.2, 0.25) is 0 Å². The average molecular weight is 352 g/mol. The predicted octanol–water partition coefficient (Wildman–Crippen LogP) is 4.68. The molecule has 0 radical (unpaired) electrons. The summed E-state index contributed by atoms with van der Waals surface area (Å²) in [4.78, 5) is 14.3. The maximum absolute atomic E-state index is 12.2. The number of amides is 1. The van der Waals surface area contributed by atoms with Crippen molar-refractivity contribution in [3.05, 3.63) is 54.1 Å². The Balaban J connectivity index is 2.02. The first-order chi connectivity index (χ1) is 11.8. The summed E-state index contributed by atoms with van der Waals surface area (Å²) in [6, 6.07) is 12.1. The van der Waals surface area contributed by atoms with Gasteiger partial charge < -0.3 is 15.0 Å². The molecule has 0 saturated carbocycles. The molecule has 2 aromatic carbocycles. The Morgan fingerprint density at radius 3 is 2.04 bits per heavy atom. The molecule has 0 aromatic heterocycles. The Kier molecular flexibility index (Phi) is 5.90. The van der Waals surface area contributed by atoms with E-state index in [-0.39, 0.29) is 11.3 Å². The van der Waals surface area contributed by atoms with Gasteiger partial charge in [0.25, 0.3) is 5.91 Å². The third-order valence-corrected chi connectivity index (χ3v) is 3.60. The van der Waals surface area contributed by atoms with Crippen LogP contribution in [0, 0.1) is 0 Å². The smallest absolute Gasteiger partial charge is 0.406 e. The lowest BCUT2D eigenvalue weighted by Gasteiger charge is -2.21. The molecular formula is C18H19F3N2O2. The van der Waals surface area contributed by atoms with Gasteiger partial charge in [-0.3, -0.25) is 4.79 Å². The van der Waals surface area contributed by atoms with Gasteiger partial charge >= 0.3 is 6.36 Å². The molecule has 0 fully saturated rings. The Hall–Kier alpha value is -2.70. The van der Waals surface area contributed by atoms with E-state index in [2.05, 4.69) is 28.8 Å². The van der Waals surface area contributed by atoms with Crippen molar-refractivity contribution in [3.8, 4) is 5.75 Å².